The molecule has 0 radical (unpaired) electrons. The highest BCUT2D eigenvalue weighted by Crippen LogP contribution is 2.48. The van der Waals surface area contributed by atoms with E-state index >= 15 is 0 Å². The lowest BCUT2D eigenvalue weighted by Gasteiger charge is -2.19. The van der Waals surface area contributed by atoms with Crippen LogP contribution in [0.15, 0.2) is 29.3 Å². The Labute approximate surface area is 150 Å². The number of halogens is 1. The molecule has 0 unspecified atom stereocenters. The molecular formula is C19H31FN4O. The van der Waals surface area contributed by atoms with Gasteiger partial charge < -0.3 is 20.3 Å². The van der Waals surface area contributed by atoms with Gasteiger partial charge in [0.1, 0.15) is 5.82 Å². The Hall–Kier alpha value is -1.66. The summed E-state index contributed by atoms with van der Waals surface area (Å²) in [6.45, 7) is 6.95. The maximum Gasteiger partial charge on any atom is 0.191 e. The van der Waals surface area contributed by atoms with Gasteiger partial charge in [-0.25, -0.2) is 4.39 Å². The number of hydrogen-bond acceptors (Lipinski definition) is 3. The van der Waals surface area contributed by atoms with E-state index < -0.39 is 0 Å². The summed E-state index contributed by atoms with van der Waals surface area (Å²) in [7, 11) is 3.79. The minimum absolute atomic E-state index is 0.0136. The Morgan fingerprint density at radius 1 is 1.32 bits per heavy atom. The summed E-state index contributed by atoms with van der Waals surface area (Å²) in [5.41, 5.74) is 1.08. The van der Waals surface area contributed by atoms with Gasteiger partial charge in [-0.3, -0.25) is 4.99 Å². The van der Waals surface area contributed by atoms with E-state index in [4.69, 9.17) is 9.73 Å². The number of likely N-dealkylation sites (N-methyl/N-ethyl adjacent to an activating group) is 1. The third-order valence-electron chi connectivity index (χ3n) is 4.64. The van der Waals surface area contributed by atoms with Crippen molar-refractivity contribution >= 4 is 5.96 Å². The molecule has 0 amide bonds. The van der Waals surface area contributed by atoms with Crippen molar-refractivity contribution in [2.24, 2.45) is 4.99 Å². The van der Waals surface area contributed by atoms with Crippen molar-refractivity contribution in [3.63, 3.8) is 0 Å². The first kappa shape index (κ1) is 19.7. The lowest BCUT2D eigenvalue weighted by Crippen LogP contribution is -2.41. The quantitative estimate of drug-likeness (QED) is 0.500. The second-order valence-corrected chi connectivity index (χ2v) is 6.71. The molecule has 0 bridgehead atoms. The Bertz CT molecular complexity index is 560. The molecule has 1 aliphatic rings. The molecule has 1 aliphatic carbocycles. The molecule has 1 aromatic carbocycles. The van der Waals surface area contributed by atoms with Gasteiger partial charge in [0.25, 0.3) is 0 Å². The van der Waals surface area contributed by atoms with Gasteiger partial charge in [-0.2, -0.15) is 0 Å². The number of rotatable bonds is 10. The number of nitrogens with one attached hydrogen (secondary N) is 2. The third kappa shape index (κ3) is 6.29. The van der Waals surface area contributed by atoms with Crippen LogP contribution in [0.3, 0.4) is 0 Å². The molecule has 2 N–H and O–H groups in total. The van der Waals surface area contributed by atoms with E-state index in [1.165, 1.54) is 6.07 Å². The SMILES string of the molecule is CCNC(=NCC1(c2cccc(F)c2)CC1)NCCN(C)CCOC. The molecule has 140 valence electrons. The second kappa shape index (κ2) is 9.73. The van der Waals surface area contributed by atoms with Crippen LogP contribution in [0.4, 0.5) is 4.39 Å². The standard InChI is InChI=1S/C19H31FN4O/c1-4-21-18(22-10-11-24(2)12-13-25-3)23-15-19(8-9-19)16-6-5-7-17(20)14-16/h5-7,14H,4,8-13,15H2,1-3H3,(H2,21,22,23). The Morgan fingerprint density at radius 2 is 2.12 bits per heavy atom. The zero-order valence-corrected chi connectivity index (χ0v) is 15.6. The van der Waals surface area contributed by atoms with Crippen molar-refractivity contribution in [1.82, 2.24) is 15.5 Å². The van der Waals surface area contributed by atoms with Crippen LogP contribution in [-0.2, 0) is 10.2 Å². The first-order valence-corrected chi connectivity index (χ1v) is 9.05. The van der Waals surface area contributed by atoms with Gasteiger partial charge >= 0.3 is 0 Å². The number of hydrogen-bond donors (Lipinski definition) is 2. The number of nitrogens with zero attached hydrogens (tertiary/aromatic N) is 2. The van der Waals surface area contributed by atoms with Crippen molar-refractivity contribution in [1.29, 1.82) is 0 Å². The number of guanidine groups is 1. The molecule has 2 rings (SSSR count). The Morgan fingerprint density at radius 3 is 2.76 bits per heavy atom. The second-order valence-electron chi connectivity index (χ2n) is 6.71. The van der Waals surface area contributed by atoms with Crippen molar-refractivity contribution in [2.75, 3.05) is 53.5 Å². The molecule has 0 saturated heterocycles. The maximum atomic E-state index is 13.5. The third-order valence-corrected chi connectivity index (χ3v) is 4.64. The van der Waals surface area contributed by atoms with Crippen LogP contribution in [0.2, 0.25) is 0 Å². The fourth-order valence-electron chi connectivity index (χ4n) is 2.80. The van der Waals surface area contributed by atoms with Crippen molar-refractivity contribution in [3.05, 3.63) is 35.6 Å². The van der Waals surface area contributed by atoms with Crippen LogP contribution in [0, 0.1) is 5.82 Å². The number of ether oxygens (including phenoxy) is 1. The highest BCUT2D eigenvalue weighted by atomic mass is 19.1. The van der Waals surface area contributed by atoms with Gasteiger partial charge in [-0.15, -0.1) is 0 Å². The Balaban J connectivity index is 1.87. The maximum absolute atomic E-state index is 13.5. The van der Waals surface area contributed by atoms with Gasteiger partial charge in [0.05, 0.1) is 13.2 Å². The van der Waals surface area contributed by atoms with Crippen LogP contribution < -0.4 is 10.6 Å². The Kier molecular flexibility index (Phi) is 7.65. The van der Waals surface area contributed by atoms with E-state index in [1.54, 1.807) is 19.2 Å². The van der Waals surface area contributed by atoms with Crippen molar-refractivity contribution in [2.45, 2.75) is 25.2 Å². The fourth-order valence-corrected chi connectivity index (χ4v) is 2.80. The van der Waals surface area contributed by atoms with E-state index in [0.29, 0.717) is 6.54 Å². The van der Waals surface area contributed by atoms with Crippen LogP contribution in [0.5, 0.6) is 0 Å². The van der Waals surface area contributed by atoms with E-state index in [0.717, 1.165) is 57.2 Å². The first-order valence-electron chi connectivity index (χ1n) is 9.05. The summed E-state index contributed by atoms with van der Waals surface area (Å²) < 4.78 is 18.6. The molecule has 0 heterocycles. The van der Waals surface area contributed by atoms with Crippen molar-refractivity contribution in [3.8, 4) is 0 Å². The summed E-state index contributed by atoms with van der Waals surface area (Å²) in [6, 6.07) is 6.94. The molecule has 1 aromatic rings. The predicted molar refractivity (Wildman–Crippen MR) is 101 cm³/mol. The minimum atomic E-state index is -0.170. The van der Waals surface area contributed by atoms with Crippen LogP contribution in [0.1, 0.15) is 25.3 Å². The zero-order chi connectivity index (χ0) is 18.1. The lowest BCUT2D eigenvalue weighted by molar-refractivity contribution is 0.162. The highest BCUT2D eigenvalue weighted by molar-refractivity contribution is 5.79. The molecular weight excluding hydrogens is 319 g/mol. The molecule has 0 spiro atoms. The van der Waals surface area contributed by atoms with E-state index in [9.17, 15) is 4.39 Å². The van der Waals surface area contributed by atoms with Crippen LogP contribution in [0.25, 0.3) is 0 Å². The lowest BCUT2D eigenvalue weighted by atomic mass is 9.96. The number of methoxy groups -OCH3 is 1. The number of benzene rings is 1. The summed E-state index contributed by atoms with van der Waals surface area (Å²) >= 11 is 0. The van der Waals surface area contributed by atoms with Crippen molar-refractivity contribution < 1.29 is 9.13 Å². The average molecular weight is 350 g/mol. The summed E-state index contributed by atoms with van der Waals surface area (Å²) in [5, 5.41) is 6.66. The topological polar surface area (TPSA) is 48.9 Å². The molecule has 6 heteroatoms. The summed E-state index contributed by atoms with van der Waals surface area (Å²) in [4.78, 5) is 6.96. The average Bonchev–Trinajstić information content (AvgIpc) is 3.39. The summed E-state index contributed by atoms with van der Waals surface area (Å²) in [6.07, 6.45) is 2.14. The first-order chi connectivity index (χ1) is 12.1. The summed E-state index contributed by atoms with van der Waals surface area (Å²) in [5.74, 6) is 0.655. The van der Waals surface area contributed by atoms with Gasteiger partial charge in [-0.1, -0.05) is 12.1 Å². The van der Waals surface area contributed by atoms with Gasteiger partial charge in [0.15, 0.2) is 5.96 Å². The van der Waals surface area contributed by atoms with Crippen LogP contribution in [-0.4, -0.2) is 64.3 Å². The molecule has 1 fully saturated rings. The smallest absolute Gasteiger partial charge is 0.191 e. The van der Waals surface area contributed by atoms with E-state index in [1.807, 2.05) is 6.07 Å². The van der Waals surface area contributed by atoms with Gasteiger partial charge in [-0.05, 0) is 44.5 Å². The zero-order valence-electron chi connectivity index (χ0n) is 15.6. The van der Waals surface area contributed by atoms with Gasteiger partial charge in [0.2, 0.25) is 0 Å². The number of aliphatic imine (C=N–C) groups is 1. The molecule has 5 nitrogen and oxygen atoms in total. The van der Waals surface area contributed by atoms with Gasteiger partial charge in [0, 0.05) is 38.7 Å². The molecule has 1 saturated carbocycles. The highest BCUT2D eigenvalue weighted by Gasteiger charge is 2.44. The monoisotopic (exact) mass is 350 g/mol. The molecule has 0 aromatic heterocycles. The molecule has 25 heavy (non-hydrogen) atoms. The normalized spacial score (nSPS) is 16.1. The van der Waals surface area contributed by atoms with E-state index in [2.05, 4.69) is 29.5 Å². The fraction of sp³-hybridized carbons (Fsp3) is 0.632. The molecule has 0 atom stereocenters. The predicted octanol–water partition coefficient (Wildman–Crippen LogP) is 1.99. The van der Waals surface area contributed by atoms with Crippen LogP contribution >= 0.6 is 0 Å². The molecule has 0 aliphatic heterocycles. The largest absolute Gasteiger partial charge is 0.383 e. The minimum Gasteiger partial charge on any atom is -0.383 e. The van der Waals surface area contributed by atoms with E-state index in [-0.39, 0.29) is 11.2 Å².